The van der Waals surface area contributed by atoms with E-state index in [4.69, 9.17) is 10.5 Å². The van der Waals surface area contributed by atoms with Crippen LogP contribution >= 0.6 is 0 Å². The topological polar surface area (TPSA) is 138 Å². The van der Waals surface area contributed by atoms with E-state index in [0.717, 1.165) is 0 Å². The molecule has 3 N–H and O–H groups in total. The number of amides is 1. The molecule has 1 atom stereocenters. The van der Waals surface area contributed by atoms with Crippen molar-refractivity contribution >= 4 is 17.7 Å². The van der Waals surface area contributed by atoms with Crippen LogP contribution in [0.2, 0.25) is 0 Å². The number of methoxy groups -OCH3 is 1. The van der Waals surface area contributed by atoms with E-state index >= 15 is 0 Å². The van der Waals surface area contributed by atoms with Gasteiger partial charge in [-0.3, -0.25) is 20.0 Å². The third-order valence-corrected chi connectivity index (χ3v) is 6.18. The number of nitriles is 1. The lowest BCUT2D eigenvalue weighted by Crippen LogP contribution is -2.49. The Labute approximate surface area is 202 Å². The molecule has 1 aromatic carbocycles. The Hall–Kier alpha value is -4.45. The molecule has 1 aliphatic carbocycles. The van der Waals surface area contributed by atoms with Crippen molar-refractivity contribution in [3.05, 3.63) is 88.1 Å². The van der Waals surface area contributed by atoms with Crippen molar-refractivity contribution in [2.24, 2.45) is 11.1 Å². The lowest BCUT2D eigenvalue weighted by Gasteiger charge is -2.43. The first-order valence-electron chi connectivity index (χ1n) is 11.0. The highest BCUT2D eigenvalue weighted by atomic mass is 16.5. The van der Waals surface area contributed by atoms with Crippen LogP contribution in [0.3, 0.4) is 0 Å². The van der Waals surface area contributed by atoms with Crippen LogP contribution < -0.4 is 11.2 Å². The summed E-state index contributed by atoms with van der Waals surface area (Å²) < 4.78 is 4.76. The summed E-state index contributed by atoms with van der Waals surface area (Å²) in [5, 5.41) is 11.4. The number of Topliss-reactive ketones (excluding diaryl/α,β-unsaturated/α-hetero) is 1. The number of hydrogen-bond acceptors (Lipinski definition) is 8. The number of allylic oxidation sites excluding steroid dienone is 3. The molecule has 178 valence electrons. The van der Waals surface area contributed by atoms with Crippen molar-refractivity contribution in [1.29, 1.82) is 5.26 Å². The average Bonchev–Trinajstić information content (AvgIpc) is 2.85. The van der Waals surface area contributed by atoms with Gasteiger partial charge in [0.2, 0.25) is 0 Å². The van der Waals surface area contributed by atoms with Crippen LogP contribution in [0, 0.1) is 16.7 Å². The standard InChI is InChI=1S/C26H25N5O4/c1-26(2)11-19-22(20(32)12-26)21(15-6-8-16(9-7-15)25(34)35-3)18(13-27)23(28)31(19)30-24(33)17-5-4-10-29-14-17/h4-10,14,21H,11-12,28H2,1-3H3,(H,30,33). The summed E-state index contributed by atoms with van der Waals surface area (Å²) in [7, 11) is 1.29. The Morgan fingerprint density at radius 3 is 2.51 bits per heavy atom. The van der Waals surface area contributed by atoms with Crippen LogP contribution in [-0.4, -0.2) is 34.8 Å². The second-order valence-corrected chi connectivity index (χ2v) is 9.28. The molecule has 0 saturated carbocycles. The van der Waals surface area contributed by atoms with E-state index in [9.17, 15) is 19.6 Å². The molecular weight excluding hydrogens is 446 g/mol. The van der Waals surface area contributed by atoms with Gasteiger partial charge in [0.15, 0.2) is 5.78 Å². The number of aromatic nitrogens is 1. The Balaban J connectivity index is 1.84. The van der Waals surface area contributed by atoms with E-state index in [1.807, 2.05) is 13.8 Å². The zero-order valence-electron chi connectivity index (χ0n) is 19.7. The highest BCUT2D eigenvalue weighted by molar-refractivity contribution is 6.01. The summed E-state index contributed by atoms with van der Waals surface area (Å²) in [4.78, 5) is 42.2. The fraction of sp³-hybridized carbons (Fsp3) is 0.269. The van der Waals surface area contributed by atoms with Gasteiger partial charge in [0.05, 0.1) is 41.5 Å². The van der Waals surface area contributed by atoms with Gasteiger partial charge in [-0.25, -0.2) is 9.80 Å². The Kier molecular flexibility index (Phi) is 6.14. The number of hydrazine groups is 1. The number of nitrogens with one attached hydrogen (secondary N) is 1. The van der Waals surface area contributed by atoms with Crippen LogP contribution in [0.4, 0.5) is 0 Å². The van der Waals surface area contributed by atoms with Gasteiger partial charge in [-0.05, 0) is 41.7 Å². The molecule has 2 heterocycles. The maximum atomic E-state index is 13.5. The smallest absolute Gasteiger partial charge is 0.337 e. The predicted molar refractivity (Wildman–Crippen MR) is 126 cm³/mol. The molecule has 0 saturated heterocycles. The maximum absolute atomic E-state index is 13.5. The summed E-state index contributed by atoms with van der Waals surface area (Å²) in [6.45, 7) is 3.94. The first kappa shape index (κ1) is 23.7. The van der Waals surface area contributed by atoms with Crippen molar-refractivity contribution in [3.63, 3.8) is 0 Å². The van der Waals surface area contributed by atoms with Crippen molar-refractivity contribution in [3.8, 4) is 6.07 Å². The minimum atomic E-state index is -0.725. The minimum absolute atomic E-state index is 0.0380. The Bertz CT molecular complexity index is 1300. The third-order valence-electron chi connectivity index (χ3n) is 6.18. The number of nitrogens with two attached hydrogens (primary N) is 1. The first-order chi connectivity index (χ1) is 16.7. The summed E-state index contributed by atoms with van der Waals surface area (Å²) in [6, 6.07) is 11.9. The highest BCUT2D eigenvalue weighted by Gasteiger charge is 2.44. The average molecular weight is 472 g/mol. The normalized spacial score (nSPS) is 19.1. The monoisotopic (exact) mass is 471 g/mol. The molecule has 35 heavy (non-hydrogen) atoms. The molecular formula is C26H25N5O4. The fourth-order valence-electron chi connectivity index (χ4n) is 4.56. The van der Waals surface area contributed by atoms with Crippen molar-refractivity contribution in [2.75, 3.05) is 7.11 Å². The molecule has 9 heteroatoms. The lowest BCUT2D eigenvalue weighted by atomic mass is 9.69. The summed E-state index contributed by atoms with van der Waals surface area (Å²) >= 11 is 0. The van der Waals surface area contributed by atoms with Gasteiger partial charge in [0.25, 0.3) is 5.91 Å². The number of carbonyl (C=O) groups excluding carboxylic acids is 3. The summed E-state index contributed by atoms with van der Waals surface area (Å²) in [5.74, 6) is -1.77. The molecule has 0 radical (unpaired) electrons. The van der Waals surface area contributed by atoms with Gasteiger partial charge in [-0.1, -0.05) is 26.0 Å². The molecule has 2 aromatic rings. The molecule has 0 spiro atoms. The zero-order chi connectivity index (χ0) is 25.3. The van der Waals surface area contributed by atoms with Gasteiger partial charge >= 0.3 is 5.97 Å². The number of ketones is 1. The Morgan fingerprint density at radius 1 is 1.20 bits per heavy atom. The fourth-order valence-corrected chi connectivity index (χ4v) is 4.56. The van der Waals surface area contributed by atoms with Gasteiger partial charge in [0.1, 0.15) is 5.82 Å². The summed E-state index contributed by atoms with van der Waals surface area (Å²) in [5.41, 5.74) is 11.2. The number of esters is 1. The zero-order valence-corrected chi connectivity index (χ0v) is 19.7. The largest absolute Gasteiger partial charge is 0.465 e. The Morgan fingerprint density at radius 2 is 1.91 bits per heavy atom. The molecule has 0 bridgehead atoms. The van der Waals surface area contributed by atoms with E-state index in [1.165, 1.54) is 18.3 Å². The number of benzene rings is 1. The maximum Gasteiger partial charge on any atom is 0.337 e. The summed E-state index contributed by atoms with van der Waals surface area (Å²) in [6.07, 6.45) is 3.71. The highest BCUT2D eigenvalue weighted by Crippen LogP contribution is 2.48. The predicted octanol–water partition coefficient (Wildman–Crippen LogP) is 2.95. The number of rotatable bonds is 4. The second-order valence-electron chi connectivity index (χ2n) is 9.28. The molecule has 0 fully saturated rings. The van der Waals surface area contributed by atoms with E-state index in [1.54, 1.807) is 42.6 Å². The molecule has 2 aliphatic rings. The second kappa shape index (κ2) is 9.06. The number of carbonyl (C=O) groups is 3. The number of ether oxygens (including phenoxy) is 1. The van der Waals surface area contributed by atoms with Crippen LogP contribution in [-0.2, 0) is 9.53 Å². The van der Waals surface area contributed by atoms with Crippen molar-refractivity contribution in [1.82, 2.24) is 15.4 Å². The SMILES string of the molecule is COC(=O)c1ccc(C2C(C#N)=C(N)N(NC(=O)c3cccnc3)C3=C2C(=O)CC(C)(C)C3)cc1. The number of hydrogen-bond donors (Lipinski definition) is 2. The lowest BCUT2D eigenvalue weighted by molar-refractivity contribution is -0.118. The van der Waals surface area contributed by atoms with Crippen molar-refractivity contribution < 1.29 is 19.1 Å². The molecule has 9 nitrogen and oxygen atoms in total. The van der Waals surface area contributed by atoms with Crippen LogP contribution in [0.15, 0.2) is 71.5 Å². The number of pyridine rings is 1. The van der Waals surface area contributed by atoms with Gasteiger partial charge in [-0.15, -0.1) is 0 Å². The van der Waals surface area contributed by atoms with E-state index in [2.05, 4.69) is 16.5 Å². The van der Waals surface area contributed by atoms with Gasteiger partial charge in [0, 0.05) is 24.4 Å². The molecule has 1 unspecified atom stereocenters. The minimum Gasteiger partial charge on any atom is -0.465 e. The molecule has 4 rings (SSSR count). The molecule has 1 aromatic heterocycles. The quantitative estimate of drug-likeness (QED) is 0.649. The van der Waals surface area contributed by atoms with Gasteiger partial charge < -0.3 is 10.5 Å². The number of nitrogens with zero attached hydrogens (tertiary/aromatic N) is 3. The van der Waals surface area contributed by atoms with E-state index in [0.29, 0.717) is 34.4 Å². The third kappa shape index (κ3) is 4.38. The molecule has 1 aliphatic heterocycles. The first-order valence-corrected chi connectivity index (χ1v) is 11.0. The van der Waals surface area contributed by atoms with Crippen LogP contribution in [0.5, 0.6) is 0 Å². The van der Waals surface area contributed by atoms with Gasteiger partial charge in [-0.2, -0.15) is 5.26 Å². The van der Waals surface area contributed by atoms with E-state index in [-0.39, 0.29) is 29.0 Å². The van der Waals surface area contributed by atoms with E-state index < -0.39 is 17.8 Å². The molecule has 1 amide bonds. The van der Waals surface area contributed by atoms with Crippen LogP contribution in [0.25, 0.3) is 0 Å². The van der Waals surface area contributed by atoms with Crippen LogP contribution in [0.1, 0.15) is 58.9 Å². The van der Waals surface area contributed by atoms with Crippen molar-refractivity contribution in [2.45, 2.75) is 32.6 Å².